The number of carboxylic acids is 1. The summed E-state index contributed by atoms with van der Waals surface area (Å²) in [6.07, 6.45) is 4.05. The molecule has 1 aliphatic carbocycles. The van der Waals surface area contributed by atoms with Crippen molar-refractivity contribution < 1.29 is 9.90 Å². The van der Waals surface area contributed by atoms with Crippen molar-refractivity contribution in [3.63, 3.8) is 0 Å². The largest absolute Gasteiger partial charge is 0.478 e. The van der Waals surface area contributed by atoms with Gasteiger partial charge in [0.05, 0.1) is 11.3 Å². The number of hydrogen-bond donors (Lipinski definition) is 1. The van der Waals surface area contributed by atoms with Crippen LogP contribution in [-0.4, -0.2) is 30.8 Å². The molecule has 4 rings (SSSR count). The smallest absolute Gasteiger partial charge is 0.335 e. The average molecular weight is 334 g/mol. The lowest BCUT2D eigenvalue weighted by Gasteiger charge is -2.08. The van der Waals surface area contributed by atoms with Crippen LogP contribution in [0.25, 0.3) is 22.6 Å². The second-order valence-corrected chi connectivity index (χ2v) is 6.54. The number of hydrogen-bond acceptors (Lipinski definition) is 4. The van der Waals surface area contributed by atoms with Crippen LogP contribution in [0.5, 0.6) is 0 Å². The van der Waals surface area contributed by atoms with Crippen LogP contribution >= 0.6 is 0 Å². The molecule has 0 saturated heterocycles. The fourth-order valence-corrected chi connectivity index (χ4v) is 2.96. The summed E-state index contributed by atoms with van der Waals surface area (Å²) in [5.74, 6) is 1.15. The van der Waals surface area contributed by atoms with Gasteiger partial charge < -0.3 is 9.67 Å². The Labute approximate surface area is 145 Å². The van der Waals surface area contributed by atoms with Gasteiger partial charge in [-0.25, -0.2) is 4.79 Å². The Balaban J connectivity index is 1.84. The Kier molecular flexibility index (Phi) is 3.60. The lowest BCUT2D eigenvalue weighted by molar-refractivity contribution is 0.0697. The second kappa shape index (κ2) is 5.81. The van der Waals surface area contributed by atoms with Gasteiger partial charge in [-0.05, 0) is 49.6 Å². The summed E-state index contributed by atoms with van der Waals surface area (Å²) in [7, 11) is 1.93. The predicted octanol–water partition coefficient (Wildman–Crippen LogP) is 3.43. The first-order valence-electron chi connectivity index (χ1n) is 8.24. The Morgan fingerprint density at radius 1 is 1.16 bits per heavy atom. The normalized spacial score (nSPS) is 13.8. The standard InChI is InChI=1S/C19H18N4O2/c1-11-3-6-16(20-10-11)13-7-14(9-15(8-13)19(24)25)18-22-21-17(23(18)2)12-4-5-12/h3,6-10,12H,4-5H2,1-2H3,(H,24,25). The van der Waals surface area contributed by atoms with E-state index in [9.17, 15) is 9.90 Å². The SMILES string of the molecule is Cc1ccc(-c2cc(C(=O)O)cc(-c3nnc(C4CC4)n3C)c2)nc1. The molecule has 3 aromatic rings. The molecule has 0 radical (unpaired) electrons. The molecule has 1 aromatic carbocycles. The van der Waals surface area contributed by atoms with Crippen LogP contribution < -0.4 is 0 Å². The summed E-state index contributed by atoms with van der Waals surface area (Å²) in [6.45, 7) is 1.97. The lowest BCUT2D eigenvalue weighted by Crippen LogP contribution is -2.01. The number of carbonyl (C=O) groups is 1. The number of aromatic carboxylic acids is 1. The van der Waals surface area contributed by atoms with Crippen molar-refractivity contribution in [1.82, 2.24) is 19.7 Å². The topological polar surface area (TPSA) is 80.9 Å². The highest BCUT2D eigenvalue weighted by Gasteiger charge is 2.29. The van der Waals surface area contributed by atoms with Crippen molar-refractivity contribution in [3.8, 4) is 22.6 Å². The van der Waals surface area contributed by atoms with Crippen molar-refractivity contribution in [1.29, 1.82) is 0 Å². The molecular formula is C19H18N4O2. The monoisotopic (exact) mass is 334 g/mol. The van der Waals surface area contributed by atoms with E-state index in [1.807, 2.05) is 36.7 Å². The second-order valence-electron chi connectivity index (χ2n) is 6.54. The van der Waals surface area contributed by atoms with Crippen LogP contribution in [0.4, 0.5) is 0 Å². The Bertz CT molecular complexity index is 956. The molecule has 2 aromatic heterocycles. The molecule has 0 bridgehead atoms. The van der Waals surface area contributed by atoms with Crippen LogP contribution in [-0.2, 0) is 7.05 Å². The van der Waals surface area contributed by atoms with Gasteiger partial charge >= 0.3 is 5.97 Å². The van der Waals surface area contributed by atoms with Crippen LogP contribution in [0, 0.1) is 6.92 Å². The maximum absolute atomic E-state index is 11.6. The summed E-state index contributed by atoms with van der Waals surface area (Å²) < 4.78 is 1.96. The molecular weight excluding hydrogens is 316 g/mol. The van der Waals surface area contributed by atoms with E-state index in [1.165, 1.54) is 0 Å². The number of nitrogens with zero attached hydrogens (tertiary/aromatic N) is 4. The molecule has 1 N–H and O–H groups in total. The molecule has 0 unspecified atom stereocenters. The van der Waals surface area contributed by atoms with E-state index in [1.54, 1.807) is 18.3 Å². The van der Waals surface area contributed by atoms with Crippen LogP contribution in [0.1, 0.15) is 40.5 Å². The van der Waals surface area contributed by atoms with Gasteiger partial charge in [-0.1, -0.05) is 6.07 Å². The Morgan fingerprint density at radius 3 is 2.56 bits per heavy atom. The third kappa shape index (κ3) is 2.91. The molecule has 0 amide bonds. The van der Waals surface area contributed by atoms with Gasteiger partial charge in [0.1, 0.15) is 5.82 Å². The molecule has 25 heavy (non-hydrogen) atoms. The van der Waals surface area contributed by atoms with Crippen molar-refractivity contribution in [2.75, 3.05) is 0 Å². The predicted molar refractivity (Wildman–Crippen MR) is 93.3 cm³/mol. The molecule has 1 fully saturated rings. The molecule has 0 atom stereocenters. The van der Waals surface area contributed by atoms with E-state index in [4.69, 9.17) is 0 Å². The number of carboxylic acid groups (broad SMARTS) is 1. The van der Waals surface area contributed by atoms with Crippen molar-refractivity contribution in [2.24, 2.45) is 7.05 Å². The molecule has 6 nitrogen and oxygen atoms in total. The molecule has 0 aliphatic heterocycles. The minimum atomic E-state index is -0.972. The van der Waals surface area contributed by atoms with Gasteiger partial charge in [0.15, 0.2) is 5.82 Å². The zero-order valence-electron chi connectivity index (χ0n) is 14.1. The van der Waals surface area contributed by atoms with E-state index < -0.39 is 5.97 Å². The third-order valence-electron chi connectivity index (χ3n) is 4.50. The quantitative estimate of drug-likeness (QED) is 0.790. The Morgan fingerprint density at radius 2 is 1.92 bits per heavy atom. The maximum Gasteiger partial charge on any atom is 0.335 e. The van der Waals surface area contributed by atoms with Crippen molar-refractivity contribution in [3.05, 3.63) is 53.5 Å². The van der Waals surface area contributed by atoms with Crippen LogP contribution in [0.15, 0.2) is 36.5 Å². The van der Waals surface area contributed by atoms with E-state index in [0.29, 0.717) is 11.7 Å². The number of rotatable bonds is 4. The molecule has 1 aliphatic rings. The maximum atomic E-state index is 11.6. The molecule has 0 spiro atoms. The zero-order valence-corrected chi connectivity index (χ0v) is 14.1. The summed E-state index contributed by atoms with van der Waals surface area (Å²) in [5.41, 5.74) is 3.50. The van der Waals surface area contributed by atoms with Crippen LogP contribution in [0.2, 0.25) is 0 Å². The highest BCUT2D eigenvalue weighted by molar-refractivity contribution is 5.91. The van der Waals surface area contributed by atoms with Crippen LogP contribution in [0.3, 0.4) is 0 Å². The highest BCUT2D eigenvalue weighted by Crippen LogP contribution is 2.39. The zero-order chi connectivity index (χ0) is 17.6. The fourth-order valence-electron chi connectivity index (χ4n) is 2.96. The average Bonchev–Trinajstić information content (AvgIpc) is 3.37. The van der Waals surface area contributed by atoms with E-state index in [-0.39, 0.29) is 5.56 Å². The van der Waals surface area contributed by atoms with Gasteiger partial charge in [0.25, 0.3) is 0 Å². The lowest BCUT2D eigenvalue weighted by atomic mass is 10.0. The van der Waals surface area contributed by atoms with Gasteiger partial charge in [-0.15, -0.1) is 10.2 Å². The molecule has 126 valence electrons. The number of aromatic nitrogens is 4. The summed E-state index contributed by atoms with van der Waals surface area (Å²) in [5, 5.41) is 18.1. The van der Waals surface area contributed by atoms with E-state index in [0.717, 1.165) is 41.1 Å². The number of aryl methyl sites for hydroxylation is 1. The number of benzene rings is 1. The summed E-state index contributed by atoms with van der Waals surface area (Å²) in [4.78, 5) is 16.0. The first-order chi connectivity index (χ1) is 12.0. The van der Waals surface area contributed by atoms with Gasteiger partial charge in [0, 0.05) is 30.3 Å². The minimum absolute atomic E-state index is 0.214. The number of pyridine rings is 1. The van der Waals surface area contributed by atoms with E-state index >= 15 is 0 Å². The molecule has 6 heteroatoms. The first-order valence-corrected chi connectivity index (χ1v) is 8.24. The third-order valence-corrected chi connectivity index (χ3v) is 4.50. The van der Waals surface area contributed by atoms with E-state index in [2.05, 4.69) is 15.2 Å². The minimum Gasteiger partial charge on any atom is -0.478 e. The molecule has 1 saturated carbocycles. The van der Waals surface area contributed by atoms with Gasteiger partial charge in [0.2, 0.25) is 0 Å². The Hall–Kier alpha value is -3.02. The highest BCUT2D eigenvalue weighted by atomic mass is 16.4. The van der Waals surface area contributed by atoms with Gasteiger partial charge in [-0.3, -0.25) is 4.98 Å². The first kappa shape index (κ1) is 15.5. The van der Waals surface area contributed by atoms with Crippen molar-refractivity contribution in [2.45, 2.75) is 25.7 Å². The van der Waals surface area contributed by atoms with Crippen molar-refractivity contribution >= 4 is 5.97 Å². The summed E-state index contributed by atoms with van der Waals surface area (Å²) >= 11 is 0. The van der Waals surface area contributed by atoms with Gasteiger partial charge in [-0.2, -0.15) is 0 Å². The summed E-state index contributed by atoms with van der Waals surface area (Å²) in [6, 6.07) is 9.06. The molecule has 2 heterocycles. The fraction of sp³-hybridized carbons (Fsp3) is 0.263.